The molecular formula is C28H33ClN8O2. The number of piperazine rings is 1. The van der Waals surface area contributed by atoms with Crippen LogP contribution in [0.1, 0.15) is 21.5 Å². The van der Waals surface area contributed by atoms with E-state index in [1.54, 1.807) is 25.2 Å². The Kier molecular flexibility index (Phi) is 9.48. The van der Waals surface area contributed by atoms with Gasteiger partial charge in [0.1, 0.15) is 5.02 Å². The normalized spacial score (nSPS) is 13.9. The van der Waals surface area contributed by atoms with Gasteiger partial charge < -0.3 is 26.2 Å². The van der Waals surface area contributed by atoms with Gasteiger partial charge in [-0.25, -0.2) is 4.98 Å². The summed E-state index contributed by atoms with van der Waals surface area (Å²) in [5, 5.41) is 12.2. The van der Waals surface area contributed by atoms with E-state index < -0.39 is 0 Å². The van der Waals surface area contributed by atoms with Crippen LogP contribution < -0.4 is 21.3 Å². The summed E-state index contributed by atoms with van der Waals surface area (Å²) >= 11 is 6.38. The molecule has 0 spiro atoms. The van der Waals surface area contributed by atoms with Crippen molar-refractivity contribution in [2.24, 2.45) is 0 Å². The third kappa shape index (κ3) is 7.53. The molecule has 11 heteroatoms. The van der Waals surface area contributed by atoms with Gasteiger partial charge in [0, 0.05) is 52.0 Å². The second-order valence-corrected chi connectivity index (χ2v) is 9.66. The van der Waals surface area contributed by atoms with Crippen molar-refractivity contribution >= 4 is 46.6 Å². The first kappa shape index (κ1) is 28.0. The quantitative estimate of drug-likeness (QED) is 0.285. The molecule has 2 heterocycles. The topological polar surface area (TPSA) is 115 Å². The van der Waals surface area contributed by atoms with Crippen LogP contribution in [0.15, 0.2) is 61.3 Å². The van der Waals surface area contributed by atoms with E-state index in [9.17, 15) is 9.59 Å². The zero-order valence-corrected chi connectivity index (χ0v) is 22.9. The predicted octanol–water partition coefficient (Wildman–Crippen LogP) is 3.53. The van der Waals surface area contributed by atoms with Crippen LogP contribution in [0.25, 0.3) is 0 Å². The Hall–Kier alpha value is -3.99. The minimum absolute atomic E-state index is 0.227. The molecule has 0 saturated carbocycles. The zero-order chi connectivity index (χ0) is 27.8. The molecule has 1 aliphatic rings. The Morgan fingerprint density at radius 1 is 1.08 bits per heavy atom. The summed E-state index contributed by atoms with van der Waals surface area (Å²) in [5.74, 6) is 0.227. The van der Waals surface area contributed by atoms with Crippen molar-refractivity contribution in [2.45, 2.75) is 13.1 Å². The van der Waals surface area contributed by atoms with Gasteiger partial charge >= 0.3 is 0 Å². The van der Waals surface area contributed by atoms with Gasteiger partial charge in [-0.2, -0.15) is 4.98 Å². The van der Waals surface area contributed by atoms with Gasteiger partial charge in [0.05, 0.1) is 17.4 Å². The van der Waals surface area contributed by atoms with Gasteiger partial charge in [-0.1, -0.05) is 36.4 Å². The van der Waals surface area contributed by atoms with Crippen molar-refractivity contribution < 1.29 is 9.59 Å². The number of benzene rings is 2. The number of nitrogens with zero attached hydrogens (tertiary/aromatic N) is 4. The highest BCUT2D eigenvalue weighted by molar-refractivity contribution is 6.33. The third-order valence-corrected chi connectivity index (χ3v) is 6.76. The molecule has 2 aromatic carbocycles. The van der Waals surface area contributed by atoms with Gasteiger partial charge in [-0.15, -0.1) is 0 Å². The Morgan fingerprint density at radius 3 is 2.59 bits per heavy atom. The average molecular weight is 549 g/mol. The molecule has 4 rings (SSSR count). The molecule has 0 aliphatic carbocycles. The summed E-state index contributed by atoms with van der Waals surface area (Å²) in [6.45, 7) is 8.75. The Balaban J connectivity index is 1.55. The van der Waals surface area contributed by atoms with Crippen molar-refractivity contribution in [1.82, 2.24) is 30.4 Å². The fourth-order valence-electron chi connectivity index (χ4n) is 4.22. The summed E-state index contributed by atoms with van der Waals surface area (Å²) in [4.78, 5) is 37.7. The second-order valence-electron chi connectivity index (χ2n) is 9.25. The van der Waals surface area contributed by atoms with Gasteiger partial charge in [0.25, 0.3) is 5.91 Å². The van der Waals surface area contributed by atoms with Crippen molar-refractivity contribution in [1.29, 1.82) is 0 Å². The molecule has 1 saturated heterocycles. The maximum atomic E-state index is 12.3. The van der Waals surface area contributed by atoms with Gasteiger partial charge in [0.15, 0.2) is 5.82 Å². The Morgan fingerprint density at radius 2 is 1.85 bits per heavy atom. The Bertz CT molecular complexity index is 1340. The number of likely N-dealkylation sites (N-methyl/N-ethyl adjacent to an activating group) is 1. The lowest BCUT2D eigenvalue weighted by Crippen LogP contribution is -2.44. The number of carbonyl (C=O) groups is 2. The SMILES string of the molecule is C=CC(=O)NCc1cc(Nc2ncc(Cl)c(Nc3ccccc3C(=O)NC)n2)ccc1CN1CCN(C)CC1. The van der Waals surface area contributed by atoms with E-state index in [0.717, 1.165) is 49.5 Å². The van der Waals surface area contributed by atoms with E-state index in [2.05, 4.69) is 60.7 Å². The van der Waals surface area contributed by atoms with Crippen LogP contribution >= 0.6 is 11.6 Å². The number of hydrogen-bond acceptors (Lipinski definition) is 8. The number of nitrogens with one attached hydrogen (secondary N) is 4. The number of anilines is 4. The van der Waals surface area contributed by atoms with E-state index in [1.165, 1.54) is 12.3 Å². The van der Waals surface area contributed by atoms with Crippen LogP contribution in [0.2, 0.25) is 5.02 Å². The minimum atomic E-state index is -0.229. The molecule has 204 valence electrons. The molecule has 0 unspecified atom stereocenters. The molecule has 4 N–H and O–H groups in total. The van der Waals surface area contributed by atoms with E-state index in [4.69, 9.17) is 11.6 Å². The summed E-state index contributed by atoms with van der Waals surface area (Å²) < 4.78 is 0. The smallest absolute Gasteiger partial charge is 0.253 e. The van der Waals surface area contributed by atoms with Crippen LogP contribution in [0.3, 0.4) is 0 Å². The zero-order valence-electron chi connectivity index (χ0n) is 22.1. The molecule has 3 aromatic rings. The van der Waals surface area contributed by atoms with E-state index in [0.29, 0.717) is 34.6 Å². The van der Waals surface area contributed by atoms with Crippen LogP contribution in [0, 0.1) is 0 Å². The molecule has 1 aromatic heterocycles. The second kappa shape index (κ2) is 13.2. The number of hydrogen-bond donors (Lipinski definition) is 4. The summed E-state index contributed by atoms with van der Waals surface area (Å²) in [5.41, 5.74) is 3.92. The minimum Gasteiger partial charge on any atom is -0.355 e. The molecule has 0 bridgehead atoms. The van der Waals surface area contributed by atoms with E-state index in [1.807, 2.05) is 18.2 Å². The first-order chi connectivity index (χ1) is 18.9. The van der Waals surface area contributed by atoms with Gasteiger partial charge in [0.2, 0.25) is 11.9 Å². The van der Waals surface area contributed by atoms with Crippen LogP contribution in [-0.2, 0) is 17.9 Å². The number of rotatable bonds is 10. The number of halogens is 1. The van der Waals surface area contributed by atoms with Crippen LogP contribution in [0.4, 0.5) is 23.1 Å². The summed E-state index contributed by atoms with van der Waals surface area (Å²) in [7, 11) is 3.71. The number of aromatic nitrogens is 2. The van der Waals surface area contributed by atoms with Gasteiger partial charge in [-0.05, 0) is 48.5 Å². The highest BCUT2D eigenvalue weighted by atomic mass is 35.5. The fraction of sp³-hybridized carbons (Fsp3) is 0.286. The predicted molar refractivity (Wildman–Crippen MR) is 155 cm³/mol. The molecule has 39 heavy (non-hydrogen) atoms. The maximum Gasteiger partial charge on any atom is 0.253 e. The molecule has 0 radical (unpaired) electrons. The largest absolute Gasteiger partial charge is 0.355 e. The maximum absolute atomic E-state index is 12.3. The monoisotopic (exact) mass is 548 g/mol. The molecule has 0 atom stereocenters. The number of amides is 2. The summed E-state index contributed by atoms with van der Waals surface area (Å²) in [6.07, 6.45) is 2.76. The summed E-state index contributed by atoms with van der Waals surface area (Å²) in [6, 6.07) is 13.1. The molecule has 1 fully saturated rings. The highest BCUT2D eigenvalue weighted by Gasteiger charge is 2.17. The van der Waals surface area contributed by atoms with Crippen LogP contribution in [-0.4, -0.2) is 71.9 Å². The standard InChI is InChI=1S/C28H33ClN8O2/c1-4-25(38)31-16-20-15-21(10-9-19(20)18-37-13-11-36(3)12-14-37)33-28-32-17-23(29)26(35-28)34-24-8-6-5-7-22(24)27(39)30-2/h4-10,15,17H,1,11-14,16,18H2,2-3H3,(H,30,39)(H,31,38)(H2,32,33,34,35). The van der Waals surface area contributed by atoms with E-state index in [-0.39, 0.29) is 11.8 Å². The lowest BCUT2D eigenvalue weighted by molar-refractivity contribution is -0.116. The van der Waals surface area contributed by atoms with Crippen molar-refractivity contribution in [3.63, 3.8) is 0 Å². The Labute approximate surface area is 233 Å². The molecule has 2 amide bonds. The van der Waals surface area contributed by atoms with Crippen molar-refractivity contribution in [3.8, 4) is 0 Å². The van der Waals surface area contributed by atoms with E-state index >= 15 is 0 Å². The lowest BCUT2D eigenvalue weighted by Gasteiger charge is -2.32. The first-order valence-corrected chi connectivity index (χ1v) is 13.0. The van der Waals surface area contributed by atoms with Gasteiger partial charge in [-0.3, -0.25) is 14.5 Å². The fourth-order valence-corrected chi connectivity index (χ4v) is 4.36. The van der Waals surface area contributed by atoms with Crippen molar-refractivity contribution in [3.05, 3.63) is 83.0 Å². The first-order valence-electron chi connectivity index (χ1n) is 12.7. The average Bonchev–Trinajstić information content (AvgIpc) is 2.95. The molecular weight excluding hydrogens is 516 g/mol. The van der Waals surface area contributed by atoms with Crippen molar-refractivity contribution in [2.75, 3.05) is 50.9 Å². The number of carbonyl (C=O) groups excluding carboxylic acids is 2. The van der Waals surface area contributed by atoms with Crippen LogP contribution in [0.5, 0.6) is 0 Å². The number of para-hydroxylation sites is 1. The molecule has 10 nitrogen and oxygen atoms in total. The highest BCUT2D eigenvalue weighted by Crippen LogP contribution is 2.27. The molecule has 1 aliphatic heterocycles. The third-order valence-electron chi connectivity index (χ3n) is 6.49. The lowest BCUT2D eigenvalue weighted by atomic mass is 10.0.